The minimum absolute atomic E-state index is 0.404. The molecule has 1 aliphatic heterocycles. The largest absolute Gasteiger partial charge is 0.381 e. The van der Waals surface area contributed by atoms with E-state index in [-0.39, 0.29) is 0 Å². The maximum atomic E-state index is 5.54. The van der Waals surface area contributed by atoms with Gasteiger partial charge in [0, 0.05) is 30.8 Å². The summed E-state index contributed by atoms with van der Waals surface area (Å²) in [6.45, 7) is 5.05. The quantitative estimate of drug-likeness (QED) is 0.909. The highest BCUT2D eigenvalue weighted by atomic mass is 16.5. The molecule has 1 fully saturated rings. The average Bonchev–Trinajstić information content (AvgIpc) is 2.56. The van der Waals surface area contributed by atoms with Gasteiger partial charge in [-0.1, -0.05) is 25.1 Å². The predicted octanol–water partition coefficient (Wildman–Crippen LogP) is 3.70. The highest BCUT2D eigenvalue weighted by Gasteiger charge is 2.26. The van der Waals surface area contributed by atoms with E-state index < -0.39 is 0 Å². The molecule has 1 aliphatic rings. The Balaban J connectivity index is 1.96. The van der Waals surface area contributed by atoms with E-state index >= 15 is 0 Å². The van der Waals surface area contributed by atoms with Crippen molar-refractivity contribution in [1.82, 2.24) is 10.3 Å². The summed E-state index contributed by atoms with van der Waals surface area (Å²) in [7, 11) is 0. The zero-order chi connectivity index (χ0) is 14.5. The van der Waals surface area contributed by atoms with Crippen LogP contribution < -0.4 is 5.32 Å². The van der Waals surface area contributed by atoms with Crippen LogP contribution in [0.1, 0.15) is 37.8 Å². The first-order chi connectivity index (χ1) is 10.4. The molecule has 1 N–H and O–H groups in total. The Bertz CT molecular complexity index is 573. The lowest BCUT2D eigenvalue weighted by atomic mass is 9.85. The van der Waals surface area contributed by atoms with Crippen LogP contribution in [0.4, 0.5) is 0 Å². The van der Waals surface area contributed by atoms with Crippen LogP contribution >= 0.6 is 0 Å². The van der Waals surface area contributed by atoms with Gasteiger partial charge in [0.15, 0.2) is 0 Å². The molecule has 0 aliphatic carbocycles. The number of hydrogen-bond acceptors (Lipinski definition) is 3. The van der Waals surface area contributed by atoms with E-state index in [9.17, 15) is 0 Å². The number of aromatic nitrogens is 1. The molecular weight excluding hydrogens is 260 g/mol. The number of nitrogens with zero attached hydrogens (tertiary/aromatic N) is 1. The number of pyridine rings is 1. The summed E-state index contributed by atoms with van der Waals surface area (Å²) < 4.78 is 5.54. The SMILES string of the molecule is CCCNC(c1cccc2ncccc12)C1CCOCC1. The molecule has 0 amide bonds. The smallest absolute Gasteiger partial charge is 0.0705 e. The van der Waals surface area contributed by atoms with Gasteiger partial charge in [-0.3, -0.25) is 4.98 Å². The first-order valence-electron chi connectivity index (χ1n) is 8.05. The Morgan fingerprint density at radius 3 is 2.90 bits per heavy atom. The molecule has 1 aromatic heterocycles. The van der Waals surface area contributed by atoms with Crippen LogP contribution in [0.15, 0.2) is 36.5 Å². The highest BCUT2D eigenvalue weighted by molar-refractivity contribution is 5.82. The first kappa shape index (κ1) is 14.5. The number of nitrogens with one attached hydrogen (secondary N) is 1. The third-order valence-corrected chi connectivity index (χ3v) is 4.37. The van der Waals surface area contributed by atoms with Gasteiger partial charge in [0.1, 0.15) is 0 Å². The Morgan fingerprint density at radius 1 is 1.24 bits per heavy atom. The second-order valence-corrected chi connectivity index (χ2v) is 5.80. The fraction of sp³-hybridized carbons (Fsp3) is 0.500. The molecule has 2 heterocycles. The first-order valence-corrected chi connectivity index (χ1v) is 8.05. The molecule has 0 bridgehead atoms. The lowest BCUT2D eigenvalue weighted by Crippen LogP contribution is -2.32. The molecule has 112 valence electrons. The minimum Gasteiger partial charge on any atom is -0.381 e. The Labute approximate surface area is 126 Å². The average molecular weight is 284 g/mol. The highest BCUT2D eigenvalue weighted by Crippen LogP contribution is 2.33. The van der Waals surface area contributed by atoms with Crippen molar-refractivity contribution in [1.29, 1.82) is 0 Å². The van der Waals surface area contributed by atoms with E-state index in [1.165, 1.54) is 10.9 Å². The van der Waals surface area contributed by atoms with Gasteiger partial charge in [-0.2, -0.15) is 0 Å². The van der Waals surface area contributed by atoms with Gasteiger partial charge in [0.05, 0.1) is 5.52 Å². The van der Waals surface area contributed by atoms with Crippen molar-refractivity contribution in [3.8, 4) is 0 Å². The lowest BCUT2D eigenvalue weighted by Gasteiger charge is -2.32. The van der Waals surface area contributed by atoms with Crippen molar-refractivity contribution in [2.24, 2.45) is 5.92 Å². The second kappa shape index (κ2) is 7.01. The molecule has 0 spiro atoms. The van der Waals surface area contributed by atoms with Crippen LogP contribution in [-0.2, 0) is 4.74 Å². The molecule has 1 aromatic carbocycles. The molecule has 0 radical (unpaired) electrons. The maximum absolute atomic E-state index is 5.54. The van der Waals surface area contributed by atoms with Gasteiger partial charge in [-0.25, -0.2) is 0 Å². The third-order valence-electron chi connectivity index (χ3n) is 4.37. The summed E-state index contributed by atoms with van der Waals surface area (Å²) in [5, 5.41) is 5.04. The summed E-state index contributed by atoms with van der Waals surface area (Å²) >= 11 is 0. The van der Waals surface area contributed by atoms with Crippen molar-refractivity contribution >= 4 is 10.9 Å². The molecule has 3 rings (SSSR count). The Hall–Kier alpha value is -1.45. The molecule has 21 heavy (non-hydrogen) atoms. The standard InChI is InChI=1S/C18H24N2O/c1-2-10-20-18(14-8-12-21-13-9-14)16-5-3-7-17-15(16)6-4-11-19-17/h3-7,11,14,18,20H,2,8-10,12-13H2,1H3. The van der Waals surface area contributed by atoms with Gasteiger partial charge in [0.2, 0.25) is 0 Å². The summed E-state index contributed by atoms with van der Waals surface area (Å²) in [5.41, 5.74) is 2.48. The van der Waals surface area contributed by atoms with Gasteiger partial charge in [0.25, 0.3) is 0 Å². The monoisotopic (exact) mass is 284 g/mol. The van der Waals surface area contributed by atoms with E-state index in [1.807, 2.05) is 12.3 Å². The summed E-state index contributed by atoms with van der Waals surface area (Å²) in [6.07, 6.45) is 5.30. The van der Waals surface area contributed by atoms with E-state index in [4.69, 9.17) is 4.74 Å². The van der Waals surface area contributed by atoms with Crippen LogP contribution in [0.25, 0.3) is 10.9 Å². The molecule has 1 saturated heterocycles. The number of rotatable bonds is 5. The minimum atomic E-state index is 0.404. The van der Waals surface area contributed by atoms with Gasteiger partial charge >= 0.3 is 0 Å². The fourth-order valence-electron chi connectivity index (χ4n) is 3.28. The van der Waals surface area contributed by atoms with Crippen LogP contribution in [-0.4, -0.2) is 24.7 Å². The normalized spacial score (nSPS) is 18.0. The zero-order valence-electron chi connectivity index (χ0n) is 12.7. The maximum Gasteiger partial charge on any atom is 0.0705 e. The lowest BCUT2D eigenvalue weighted by molar-refractivity contribution is 0.0538. The van der Waals surface area contributed by atoms with E-state index in [0.717, 1.165) is 44.5 Å². The van der Waals surface area contributed by atoms with Crippen molar-refractivity contribution in [3.63, 3.8) is 0 Å². The van der Waals surface area contributed by atoms with Gasteiger partial charge in [-0.15, -0.1) is 0 Å². The van der Waals surface area contributed by atoms with Crippen molar-refractivity contribution in [2.75, 3.05) is 19.8 Å². The van der Waals surface area contributed by atoms with Gasteiger partial charge in [-0.05, 0) is 49.4 Å². The number of hydrogen-bond donors (Lipinski definition) is 1. The van der Waals surface area contributed by atoms with E-state index in [2.05, 4.69) is 41.5 Å². The summed E-state index contributed by atoms with van der Waals surface area (Å²) in [6, 6.07) is 11.1. The van der Waals surface area contributed by atoms with Crippen molar-refractivity contribution < 1.29 is 4.74 Å². The van der Waals surface area contributed by atoms with Crippen molar-refractivity contribution in [2.45, 2.75) is 32.2 Å². The van der Waals surface area contributed by atoms with Crippen LogP contribution in [0.5, 0.6) is 0 Å². The van der Waals surface area contributed by atoms with Crippen LogP contribution in [0.3, 0.4) is 0 Å². The van der Waals surface area contributed by atoms with Gasteiger partial charge < -0.3 is 10.1 Å². The van der Waals surface area contributed by atoms with E-state index in [1.54, 1.807) is 0 Å². The molecule has 3 heteroatoms. The predicted molar refractivity (Wildman–Crippen MR) is 86.3 cm³/mol. The summed E-state index contributed by atoms with van der Waals surface area (Å²) in [4.78, 5) is 4.50. The topological polar surface area (TPSA) is 34.2 Å². The van der Waals surface area contributed by atoms with E-state index in [0.29, 0.717) is 12.0 Å². The Kier molecular flexibility index (Phi) is 4.84. The fourth-order valence-corrected chi connectivity index (χ4v) is 3.28. The number of fused-ring (bicyclic) bond motifs is 1. The van der Waals surface area contributed by atoms with Crippen LogP contribution in [0, 0.1) is 5.92 Å². The molecule has 0 saturated carbocycles. The second-order valence-electron chi connectivity index (χ2n) is 5.80. The van der Waals surface area contributed by atoms with Crippen molar-refractivity contribution in [3.05, 3.63) is 42.1 Å². The summed E-state index contributed by atoms with van der Waals surface area (Å²) in [5.74, 6) is 0.649. The Morgan fingerprint density at radius 2 is 2.10 bits per heavy atom. The zero-order valence-corrected chi connectivity index (χ0v) is 12.7. The number of ether oxygens (including phenoxy) is 1. The molecule has 1 unspecified atom stereocenters. The number of benzene rings is 1. The van der Waals surface area contributed by atoms with Crippen LogP contribution in [0.2, 0.25) is 0 Å². The third kappa shape index (κ3) is 3.25. The molecule has 1 atom stereocenters. The molecule has 2 aromatic rings. The molecular formula is C18H24N2O. The molecule has 3 nitrogen and oxygen atoms in total.